The average molecular weight is 210 g/mol. The predicted molar refractivity (Wildman–Crippen MR) is 58.0 cm³/mol. The van der Waals surface area contributed by atoms with Gasteiger partial charge in [0, 0.05) is 5.57 Å². The van der Waals surface area contributed by atoms with Gasteiger partial charge in [-0.1, -0.05) is 36.4 Å². The number of amides is 1. The minimum atomic E-state index is -0.438. The number of primary amides is 1. The Morgan fingerprint density at radius 1 is 1.43 bits per heavy atom. The summed E-state index contributed by atoms with van der Waals surface area (Å²) >= 11 is 6.06. The van der Waals surface area contributed by atoms with Gasteiger partial charge in [-0.3, -0.25) is 4.79 Å². The van der Waals surface area contributed by atoms with Crippen molar-refractivity contribution in [2.75, 3.05) is 0 Å². The van der Waals surface area contributed by atoms with Gasteiger partial charge in [0.15, 0.2) is 0 Å². The number of hydrogen-bond acceptors (Lipinski definition) is 1. The minimum absolute atomic E-state index is 0.302. The van der Waals surface area contributed by atoms with Crippen LogP contribution in [-0.4, -0.2) is 5.91 Å². The van der Waals surface area contributed by atoms with E-state index >= 15 is 0 Å². The van der Waals surface area contributed by atoms with Crippen molar-refractivity contribution >= 4 is 17.5 Å². The average Bonchev–Trinajstić information content (AvgIpc) is 2.19. The van der Waals surface area contributed by atoms with E-state index in [1.165, 1.54) is 0 Å². The summed E-state index contributed by atoms with van der Waals surface area (Å²) in [6.07, 6.45) is 1.65. The standard InChI is InChI=1S/C11H12ClNO/c1-8(11(13)14)7-10(12)9-5-3-2-4-6-9/h2-7,10H,1H3,(H2,13,14). The first-order chi connectivity index (χ1) is 6.61. The highest BCUT2D eigenvalue weighted by Gasteiger charge is 2.06. The molecule has 0 saturated heterocycles. The lowest BCUT2D eigenvalue weighted by Crippen LogP contribution is -2.12. The monoisotopic (exact) mass is 209 g/mol. The lowest BCUT2D eigenvalue weighted by Gasteiger charge is -2.04. The summed E-state index contributed by atoms with van der Waals surface area (Å²) in [6, 6.07) is 9.53. The van der Waals surface area contributed by atoms with Crippen molar-refractivity contribution in [3.05, 3.63) is 47.5 Å². The maximum Gasteiger partial charge on any atom is 0.244 e. The lowest BCUT2D eigenvalue weighted by atomic mass is 10.1. The van der Waals surface area contributed by atoms with E-state index in [0.717, 1.165) is 5.56 Å². The van der Waals surface area contributed by atoms with Crippen LogP contribution < -0.4 is 5.73 Å². The molecule has 0 aliphatic carbocycles. The van der Waals surface area contributed by atoms with E-state index in [9.17, 15) is 4.79 Å². The summed E-state index contributed by atoms with van der Waals surface area (Å²) in [6.45, 7) is 1.65. The number of alkyl halides is 1. The fourth-order valence-electron chi connectivity index (χ4n) is 1.03. The summed E-state index contributed by atoms with van der Waals surface area (Å²) in [7, 11) is 0. The van der Waals surface area contributed by atoms with E-state index in [1.807, 2.05) is 30.3 Å². The predicted octanol–water partition coefficient (Wildman–Crippen LogP) is 2.40. The molecule has 2 N–H and O–H groups in total. The fourth-order valence-corrected chi connectivity index (χ4v) is 1.37. The summed E-state index contributed by atoms with van der Waals surface area (Å²) in [5, 5.41) is -0.302. The van der Waals surface area contributed by atoms with Crippen LogP contribution in [0.25, 0.3) is 0 Å². The number of halogens is 1. The Morgan fingerprint density at radius 2 is 2.00 bits per heavy atom. The van der Waals surface area contributed by atoms with Gasteiger partial charge >= 0.3 is 0 Å². The third-order valence-electron chi connectivity index (χ3n) is 1.90. The molecule has 1 unspecified atom stereocenters. The van der Waals surface area contributed by atoms with Crippen LogP contribution >= 0.6 is 11.6 Å². The van der Waals surface area contributed by atoms with Gasteiger partial charge in [0.2, 0.25) is 5.91 Å². The molecule has 74 valence electrons. The van der Waals surface area contributed by atoms with Crippen molar-refractivity contribution < 1.29 is 4.79 Å². The number of rotatable bonds is 3. The number of allylic oxidation sites excluding steroid dienone is 1. The normalized spacial score (nSPS) is 13.7. The third-order valence-corrected chi connectivity index (χ3v) is 2.28. The molecule has 0 aromatic heterocycles. The van der Waals surface area contributed by atoms with Crippen LogP contribution in [0.1, 0.15) is 17.9 Å². The van der Waals surface area contributed by atoms with Gasteiger partial charge in [-0.15, -0.1) is 11.6 Å². The molecular weight excluding hydrogens is 198 g/mol. The SMILES string of the molecule is CC(=CC(Cl)c1ccccc1)C(N)=O. The van der Waals surface area contributed by atoms with E-state index in [0.29, 0.717) is 5.57 Å². The maximum absolute atomic E-state index is 10.8. The summed E-state index contributed by atoms with van der Waals surface area (Å²) in [5.41, 5.74) is 6.53. The number of benzene rings is 1. The quantitative estimate of drug-likeness (QED) is 0.603. The molecule has 0 aliphatic heterocycles. The molecule has 0 radical (unpaired) electrons. The van der Waals surface area contributed by atoms with Gasteiger partial charge in [0.1, 0.15) is 0 Å². The van der Waals surface area contributed by atoms with Crippen LogP contribution in [0.5, 0.6) is 0 Å². The van der Waals surface area contributed by atoms with Gasteiger partial charge < -0.3 is 5.73 Å². The largest absolute Gasteiger partial charge is 0.366 e. The van der Waals surface area contributed by atoms with Crippen LogP contribution in [0.15, 0.2) is 42.0 Å². The summed E-state index contributed by atoms with van der Waals surface area (Å²) < 4.78 is 0. The molecule has 0 heterocycles. The maximum atomic E-state index is 10.8. The number of hydrogen-bond donors (Lipinski definition) is 1. The molecule has 0 spiro atoms. The molecule has 0 bridgehead atoms. The first kappa shape index (κ1) is 10.8. The lowest BCUT2D eigenvalue weighted by molar-refractivity contribution is -0.114. The zero-order valence-electron chi connectivity index (χ0n) is 7.91. The number of carbonyl (C=O) groups is 1. The molecule has 14 heavy (non-hydrogen) atoms. The number of carbonyl (C=O) groups excluding carboxylic acids is 1. The van der Waals surface area contributed by atoms with E-state index < -0.39 is 5.91 Å². The van der Waals surface area contributed by atoms with Crippen LogP contribution in [0.3, 0.4) is 0 Å². The van der Waals surface area contributed by atoms with Crippen molar-refractivity contribution in [1.82, 2.24) is 0 Å². The Labute approximate surface area is 88.4 Å². The summed E-state index contributed by atoms with van der Waals surface area (Å²) in [5.74, 6) is -0.438. The molecule has 0 aliphatic rings. The minimum Gasteiger partial charge on any atom is -0.366 e. The van der Waals surface area contributed by atoms with Crippen LogP contribution in [0.2, 0.25) is 0 Å². The first-order valence-corrected chi connectivity index (χ1v) is 4.72. The smallest absolute Gasteiger partial charge is 0.244 e. The highest BCUT2D eigenvalue weighted by Crippen LogP contribution is 2.22. The second kappa shape index (κ2) is 4.82. The second-order valence-corrected chi connectivity index (χ2v) is 3.50. The number of nitrogens with two attached hydrogens (primary N) is 1. The van der Waals surface area contributed by atoms with Gasteiger partial charge in [-0.05, 0) is 12.5 Å². The topological polar surface area (TPSA) is 43.1 Å². The van der Waals surface area contributed by atoms with E-state index in [2.05, 4.69) is 0 Å². The highest BCUT2D eigenvalue weighted by atomic mass is 35.5. The van der Waals surface area contributed by atoms with Crippen LogP contribution in [-0.2, 0) is 4.79 Å². The Balaban J connectivity index is 2.82. The van der Waals surface area contributed by atoms with Gasteiger partial charge in [-0.25, -0.2) is 0 Å². The fraction of sp³-hybridized carbons (Fsp3) is 0.182. The highest BCUT2D eigenvalue weighted by molar-refractivity contribution is 6.22. The molecule has 1 rings (SSSR count). The van der Waals surface area contributed by atoms with E-state index in [-0.39, 0.29) is 5.38 Å². The van der Waals surface area contributed by atoms with Gasteiger partial charge in [0.25, 0.3) is 0 Å². The Hall–Kier alpha value is -1.28. The van der Waals surface area contributed by atoms with Gasteiger partial charge in [-0.2, -0.15) is 0 Å². The van der Waals surface area contributed by atoms with Crippen molar-refractivity contribution in [2.45, 2.75) is 12.3 Å². The first-order valence-electron chi connectivity index (χ1n) is 4.28. The van der Waals surface area contributed by atoms with Crippen molar-refractivity contribution in [2.24, 2.45) is 5.73 Å². The molecular formula is C11H12ClNO. The molecule has 1 atom stereocenters. The van der Waals surface area contributed by atoms with Crippen molar-refractivity contribution in [1.29, 1.82) is 0 Å². The summed E-state index contributed by atoms with van der Waals surface area (Å²) in [4.78, 5) is 10.8. The van der Waals surface area contributed by atoms with Crippen LogP contribution in [0, 0.1) is 0 Å². The Morgan fingerprint density at radius 3 is 2.50 bits per heavy atom. The second-order valence-electron chi connectivity index (χ2n) is 3.03. The van der Waals surface area contributed by atoms with Crippen molar-refractivity contribution in [3.8, 4) is 0 Å². The van der Waals surface area contributed by atoms with Crippen molar-refractivity contribution in [3.63, 3.8) is 0 Å². The van der Waals surface area contributed by atoms with E-state index in [4.69, 9.17) is 17.3 Å². The van der Waals surface area contributed by atoms with Crippen LogP contribution in [0.4, 0.5) is 0 Å². The zero-order chi connectivity index (χ0) is 10.6. The molecule has 0 fully saturated rings. The third kappa shape index (κ3) is 2.89. The molecule has 1 aromatic carbocycles. The molecule has 1 amide bonds. The van der Waals surface area contributed by atoms with E-state index in [1.54, 1.807) is 13.0 Å². The van der Waals surface area contributed by atoms with Gasteiger partial charge in [0.05, 0.1) is 5.38 Å². The Kier molecular flexibility index (Phi) is 3.72. The molecule has 1 aromatic rings. The molecule has 2 nitrogen and oxygen atoms in total. The molecule has 3 heteroatoms. The Bertz CT molecular complexity index is 346. The zero-order valence-corrected chi connectivity index (χ0v) is 8.66. The molecule has 0 saturated carbocycles.